The van der Waals surface area contributed by atoms with Gasteiger partial charge in [-0.15, -0.1) is 0 Å². The highest BCUT2D eigenvalue weighted by Crippen LogP contribution is 2.74. The minimum Gasteiger partial charge on any atom is -0.392 e. The normalized spacial score (nSPS) is 47.5. The van der Waals surface area contributed by atoms with E-state index in [1.807, 2.05) is 13.8 Å². The number of aliphatic hydroxyl groups is 3. The minimum atomic E-state index is -1.51. The quantitative estimate of drug-likeness (QED) is 0.499. The zero-order valence-corrected chi connectivity index (χ0v) is 23.4. The maximum atomic E-state index is 13.7. The molecule has 6 heteroatoms. The molecule has 3 saturated carbocycles. The van der Waals surface area contributed by atoms with Gasteiger partial charge in [-0.3, -0.25) is 9.59 Å². The van der Waals surface area contributed by atoms with Crippen LogP contribution in [0.2, 0.25) is 0 Å². The van der Waals surface area contributed by atoms with Gasteiger partial charge in [-0.05, 0) is 69.1 Å². The molecule has 0 aromatic carbocycles. The first-order valence-corrected chi connectivity index (χ1v) is 13.9. The van der Waals surface area contributed by atoms with E-state index in [9.17, 15) is 24.9 Å². The fraction of sp³-hybridized carbons (Fsp3) is 0.867. The highest BCUT2D eigenvalue weighted by Gasteiger charge is 2.70. The van der Waals surface area contributed by atoms with Gasteiger partial charge in [-0.2, -0.15) is 0 Å². The predicted molar refractivity (Wildman–Crippen MR) is 136 cm³/mol. The molecule has 4 fully saturated rings. The predicted octanol–water partition coefficient (Wildman–Crippen LogP) is 4.13. The van der Waals surface area contributed by atoms with E-state index in [1.165, 1.54) is 0 Å². The van der Waals surface area contributed by atoms with Crippen LogP contribution in [0.25, 0.3) is 0 Å². The SMILES string of the molecule is CC(O)(CC(O)C1OC1(C)C)C1=C2CC(O)C3C4(C)CCC(=O)C(C)(C)C4CCC3(C)C2(C)CC1=O. The summed E-state index contributed by atoms with van der Waals surface area (Å²) >= 11 is 0. The van der Waals surface area contributed by atoms with Crippen LogP contribution in [-0.2, 0) is 14.3 Å². The molecule has 4 aliphatic carbocycles. The highest BCUT2D eigenvalue weighted by molar-refractivity contribution is 6.02. The number of hydrogen-bond acceptors (Lipinski definition) is 6. The third-order valence-corrected chi connectivity index (χ3v) is 12.0. The molecule has 202 valence electrons. The van der Waals surface area contributed by atoms with E-state index in [0.717, 1.165) is 24.8 Å². The lowest BCUT2D eigenvalue weighted by molar-refractivity contribution is -0.208. The van der Waals surface area contributed by atoms with Gasteiger partial charge in [-0.25, -0.2) is 0 Å². The number of carbonyl (C=O) groups is 2. The molecule has 9 unspecified atom stereocenters. The average Bonchev–Trinajstić information content (AvgIpc) is 3.27. The Bertz CT molecular complexity index is 1040. The number of fused-ring (bicyclic) bond motifs is 5. The van der Waals surface area contributed by atoms with Crippen molar-refractivity contribution in [1.29, 1.82) is 0 Å². The third-order valence-electron chi connectivity index (χ3n) is 12.0. The van der Waals surface area contributed by atoms with Gasteiger partial charge in [0.05, 0.1) is 23.4 Å². The molecule has 0 aromatic rings. The van der Waals surface area contributed by atoms with E-state index >= 15 is 0 Å². The van der Waals surface area contributed by atoms with Crippen LogP contribution < -0.4 is 0 Å². The van der Waals surface area contributed by atoms with Crippen LogP contribution in [0, 0.1) is 33.5 Å². The van der Waals surface area contributed by atoms with Gasteiger partial charge >= 0.3 is 0 Å². The first kappa shape index (κ1) is 26.5. The van der Waals surface area contributed by atoms with Crippen LogP contribution in [0.5, 0.6) is 0 Å². The standard InChI is InChI=1S/C30H46O6/c1-25(2)20-9-12-28(6)23(27(20,5)11-10-21(25)34)17(31)13-16-22(18(32)14-29(16,28)7)30(8,35)15-19(33)24-26(3,4)36-24/h17,19-20,23-24,31,33,35H,9-15H2,1-8H3. The number of ketones is 2. The second-order valence-corrected chi connectivity index (χ2v) is 14.9. The largest absolute Gasteiger partial charge is 0.392 e. The summed E-state index contributed by atoms with van der Waals surface area (Å²) in [6, 6.07) is 0. The molecule has 0 radical (unpaired) electrons. The highest BCUT2D eigenvalue weighted by atomic mass is 16.6. The number of Topliss-reactive ketones (excluding diaryl/α,β-unsaturated/α-hetero) is 2. The van der Waals surface area contributed by atoms with Crippen LogP contribution in [-0.4, -0.2) is 56.4 Å². The Morgan fingerprint density at radius 1 is 1.08 bits per heavy atom. The van der Waals surface area contributed by atoms with Crippen molar-refractivity contribution in [3.05, 3.63) is 11.1 Å². The summed E-state index contributed by atoms with van der Waals surface area (Å²) in [5, 5.41) is 34.2. The van der Waals surface area contributed by atoms with Crippen LogP contribution in [0.1, 0.15) is 100 Å². The number of epoxide rings is 1. The first-order valence-electron chi connectivity index (χ1n) is 13.9. The maximum absolute atomic E-state index is 13.7. The van der Waals surface area contributed by atoms with Crippen molar-refractivity contribution in [1.82, 2.24) is 0 Å². The number of ether oxygens (including phenoxy) is 1. The molecule has 1 aliphatic heterocycles. The van der Waals surface area contributed by atoms with Crippen LogP contribution in [0.3, 0.4) is 0 Å². The summed E-state index contributed by atoms with van der Waals surface area (Å²) < 4.78 is 5.59. The number of hydrogen-bond donors (Lipinski definition) is 3. The van der Waals surface area contributed by atoms with Gasteiger partial charge < -0.3 is 20.1 Å². The molecule has 3 N–H and O–H groups in total. The van der Waals surface area contributed by atoms with E-state index in [2.05, 4.69) is 34.6 Å². The maximum Gasteiger partial charge on any atom is 0.162 e. The molecule has 0 spiro atoms. The number of aliphatic hydroxyl groups excluding tert-OH is 2. The molecule has 9 atom stereocenters. The Hall–Kier alpha value is -1.08. The van der Waals surface area contributed by atoms with Gasteiger partial charge in [0, 0.05) is 35.7 Å². The average molecular weight is 503 g/mol. The fourth-order valence-corrected chi connectivity index (χ4v) is 10.0. The Kier molecular flexibility index (Phi) is 5.54. The smallest absolute Gasteiger partial charge is 0.162 e. The van der Waals surface area contributed by atoms with Crippen molar-refractivity contribution in [2.24, 2.45) is 33.5 Å². The second-order valence-electron chi connectivity index (χ2n) is 14.9. The monoisotopic (exact) mass is 502 g/mol. The van der Waals surface area contributed by atoms with Gasteiger partial charge in [0.25, 0.3) is 0 Å². The second kappa shape index (κ2) is 7.52. The molecule has 36 heavy (non-hydrogen) atoms. The van der Waals surface area contributed by atoms with Gasteiger partial charge in [0.2, 0.25) is 0 Å². The van der Waals surface area contributed by atoms with Gasteiger partial charge in [-0.1, -0.05) is 40.2 Å². The molecule has 5 rings (SSSR count). The van der Waals surface area contributed by atoms with Gasteiger partial charge in [0.15, 0.2) is 5.78 Å². The van der Waals surface area contributed by atoms with Crippen molar-refractivity contribution in [3.8, 4) is 0 Å². The summed E-state index contributed by atoms with van der Waals surface area (Å²) in [7, 11) is 0. The van der Waals surface area contributed by atoms with E-state index in [4.69, 9.17) is 4.74 Å². The van der Waals surface area contributed by atoms with E-state index in [0.29, 0.717) is 30.6 Å². The zero-order valence-electron chi connectivity index (χ0n) is 23.4. The molecule has 1 saturated heterocycles. The van der Waals surface area contributed by atoms with E-state index in [-0.39, 0.29) is 41.0 Å². The summed E-state index contributed by atoms with van der Waals surface area (Å²) in [5.74, 6) is 0.417. The fourth-order valence-electron chi connectivity index (χ4n) is 10.0. The van der Waals surface area contributed by atoms with Crippen molar-refractivity contribution < 1.29 is 29.6 Å². The summed E-state index contributed by atoms with van der Waals surface area (Å²) in [6.45, 7) is 16.3. The molecule has 0 amide bonds. The molecule has 0 bridgehead atoms. The van der Waals surface area contributed by atoms with Crippen LogP contribution >= 0.6 is 0 Å². The lowest BCUT2D eigenvalue weighted by atomic mass is 9.36. The van der Waals surface area contributed by atoms with Crippen molar-refractivity contribution in [3.63, 3.8) is 0 Å². The molecule has 1 heterocycles. The van der Waals surface area contributed by atoms with Crippen molar-refractivity contribution in [2.45, 2.75) is 130 Å². The van der Waals surface area contributed by atoms with Crippen molar-refractivity contribution in [2.75, 3.05) is 0 Å². The lowest BCUT2D eigenvalue weighted by Crippen LogP contribution is -2.65. The number of rotatable bonds is 4. The Labute approximate surface area is 215 Å². The molecular weight excluding hydrogens is 456 g/mol. The number of carbonyl (C=O) groups excluding carboxylic acids is 2. The summed E-state index contributed by atoms with van der Waals surface area (Å²) in [4.78, 5) is 26.5. The van der Waals surface area contributed by atoms with E-state index in [1.54, 1.807) is 6.92 Å². The van der Waals surface area contributed by atoms with E-state index < -0.39 is 34.2 Å². The first-order chi connectivity index (χ1) is 16.3. The topological polar surface area (TPSA) is 107 Å². The van der Waals surface area contributed by atoms with Crippen LogP contribution in [0.4, 0.5) is 0 Å². The molecule has 6 nitrogen and oxygen atoms in total. The summed E-state index contributed by atoms with van der Waals surface area (Å²) in [6.07, 6.45) is 1.84. The Balaban J connectivity index is 1.54. The zero-order chi connectivity index (χ0) is 26.9. The summed E-state index contributed by atoms with van der Waals surface area (Å²) in [5.41, 5.74) is -2.09. The minimum absolute atomic E-state index is 0.0219. The van der Waals surface area contributed by atoms with Gasteiger partial charge in [0.1, 0.15) is 11.9 Å². The van der Waals surface area contributed by atoms with Crippen LogP contribution in [0.15, 0.2) is 11.1 Å². The Morgan fingerprint density at radius 3 is 2.28 bits per heavy atom. The van der Waals surface area contributed by atoms with Crippen molar-refractivity contribution >= 4 is 11.6 Å². The molecular formula is C30H46O6. The third kappa shape index (κ3) is 3.29. The lowest BCUT2D eigenvalue weighted by Gasteiger charge is -2.68. The Morgan fingerprint density at radius 2 is 1.69 bits per heavy atom. The molecule has 5 aliphatic rings. The molecule has 0 aromatic heterocycles.